The van der Waals surface area contributed by atoms with Gasteiger partial charge >= 0.3 is 0 Å². The van der Waals surface area contributed by atoms with Crippen LogP contribution in [0.2, 0.25) is 5.02 Å². The maximum atomic E-state index is 12.4. The van der Waals surface area contributed by atoms with Crippen molar-refractivity contribution in [3.05, 3.63) is 69.4 Å². The first-order valence-electron chi connectivity index (χ1n) is 5.53. The first kappa shape index (κ1) is 11.5. The highest BCUT2D eigenvalue weighted by atomic mass is 35.5. The van der Waals surface area contributed by atoms with E-state index in [2.05, 4.69) is 0 Å². The number of hydrogen-bond acceptors (Lipinski definition) is 2. The minimum atomic E-state index is 0.0536. The van der Waals surface area contributed by atoms with E-state index < -0.39 is 0 Å². The maximum Gasteiger partial charge on any atom is 0.203 e. The second kappa shape index (κ2) is 4.56. The molecule has 0 atom stereocenters. The Kier molecular flexibility index (Phi) is 2.90. The van der Waals surface area contributed by atoms with Gasteiger partial charge in [-0.05, 0) is 29.0 Å². The number of benzene rings is 2. The predicted octanol–water partition coefficient (Wildman–Crippen LogP) is 4.79. The zero-order chi connectivity index (χ0) is 12.5. The van der Waals surface area contributed by atoms with Gasteiger partial charge in [-0.25, -0.2) is 0 Å². The van der Waals surface area contributed by atoms with Crippen LogP contribution in [0.1, 0.15) is 15.2 Å². The van der Waals surface area contributed by atoms with Crippen LogP contribution in [-0.4, -0.2) is 5.78 Å². The lowest BCUT2D eigenvalue weighted by molar-refractivity contribution is 0.104. The Balaban J connectivity index is 2.25. The standard InChI is InChI=1S/C15H9ClOS/c16-13-8-7-12(10-4-1-2-5-11(10)13)15(17)14-6-3-9-18-14/h1-9H. The molecule has 88 valence electrons. The molecular weight excluding hydrogens is 264 g/mol. The fourth-order valence-electron chi connectivity index (χ4n) is 2.00. The highest BCUT2D eigenvalue weighted by Crippen LogP contribution is 2.28. The normalized spacial score (nSPS) is 10.7. The summed E-state index contributed by atoms with van der Waals surface area (Å²) in [5, 5.41) is 4.41. The Bertz CT molecular complexity index is 716. The first-order chi connectivity index (χ1) is 8.77. The Morgan fingerprint density at radius 1 is 0.944 bits per heavy atom. The molecule has 0 bridgehead atoms. The monoisotopic (exact) mass is 272 g/mol. The zero-order valence-electron chi connectivity index (χ0n) is 9.39. The van der Waals surface area contributed by atoms with Crippen molar-refractivity contribution < 1.29 is 4.79 Å². The minimum absolute atomic E-state index is 0.0536. The maximum absolute atomic E-state index is 12.4. The molecule has 0 fully saturated rings. The molecule has 0 unspecified atom stereocenters. The van der Waals surface area contributed by atoms with Crippen LogP contribution >= 0.6 is 22.9 Å². The van der Waals surface area contributed by atoms with Gasteiger partial charge in [-0.2, -0.15) is 0 Å². The van der Waals surface area contributed by atoms with Crippen LogP contribution in [0.3, 0.4) is 0 Å². The van der Waals surface area contributed by atoms with Crippen LogP contribution in [-0.2, 0) is 0 Å². The fourth-order valence-corrected chi connectivity index (χ4v) is 2.91. The van der Waals surface area contributed by atoms with Gasteiger partial charge < -0.3 is 0 Å². The highest BCUT2D eigenvalue weighted by Gasteiger charge is 2.14. The first-order valence-corrected chi connectivity index (χ1v) is 6.78. The van der Waals surface area contributed by atoms with E-state index in [9.17, 15) is 4.79 Å². The lowest BCUT2D eigenvalue weighted by Gasteiger charge is -2.06. The van der Waals surface area contributed by atoms with Crippen LogP contribution in [0.4, 0.5) is 0 Å². The van der Waals surface area contributed by atoms with E-state index in [1.165, 1.54) is 11.3 Å². The molecular formula is C15H9ClOS. The summed E-state index contributed by atoms with van der Waals surface area (Å²) in [6.45, 7) is 0. The van der Waals surface area contributed by atoms with E-state index in [1.807, 2.05) is 41.8 Å². The Labute approximate surface area is 114 Å². The number of ketones is 1. The molecule has 0 N–H and O–H groups in total. The van der Waals surface area contributed by atoms with Crippen molar-refractivity contribution in [3.63, 3.8) is 0 Å². The molecule has 18 heavy (non-hydrogen) atoms. The van der Waals surface area contributed by atoms with Gasteiger partial charge in [0.25, 0.3) is 0 Å². The molecule has 1 nitrogen and oxygen atoms in total. The van der Waals surface area contributed by atoms with Crippen molar-refractivity contribution in [1.29, 1.82) is 0 Å². The number of halogens is 1. The number of carbonyl (C=O) groups excluding carboxylic acids is 1. The third-order valence-electron chi connectivity index (χ3n) is 2.86. The second-order valence-electron chi connectivity index (χ2n) is 3.95. The van der Waals surface area contributed by atoms with Gasteiger partial charge in [-0.1, -0.05) is 41.9 Å². The largest absolute Gasteiger partial charge is 0.288 e. The molecule has 3 heteroatoms. The van der Waals surface area contributed by atoms with Gasteiger partial charge in [0.05, 0.1) is 4.88 Å². The smallest absolute Gasteiger partial charge is 0.203 e. The van der Waals surface area contributed by atoms with E-state index in [-0.39, 0.29) is 5.78 Å². The molecule has 0 saturated heterocycles. The van der Waals surface area contributed by atoms with Crippen molar-refractivity contribution in [3.8, 4) is 0 Å². The van der Waals surface area contributed by atoms with Crippen LogP contribution in [0, 0.1) is 0 Å². The lowest BCUT2D eigenvalue weighted by atomic mass is 10.0. The third-order valence-corrected chi connectivity index (χ3v) is 4.06. The molecule has 3 rings (SSSR count). The molecule has 1 aromatic heterocycles. The molecule has 1 heterocycles. The van der Waals surface area contributed by atoms with Gasteiger partial charge in [0.15, 0.2) is 0 Å². The van der Waals surface area contributed by atoms with Gasteiger partial charge in [0.2, 0.25) is 5.78 Å². The third kappa shape index (κ3) is 1.84. The average Bonchev–Trinajstić information content (AvgIpc) is 2.93. The van der Waals surface area contributed by atoms with Gasteiger partial charge in [-0.15, -0.1) is 11.3 Å². The zero-order valence-corrected chi connectivity index (χ0v) is 11.0. The van der Waals surface area contributed by atoms with Crippen LogP contribution in [0.15, 0.2) is 53.9 Å². The molecule has 0 spiro atoms. The molecule has 0 aliphatic rings. The van der Waals surface area contributed by atoms with Crippen molar-refractivity contribution in [1.82, 2.24) is 0 Å². The minimum Gasteiger partial charge on any atom is -0.288 e. The summed E-state index contributed by atoms with van der Waals surface area (Å²) in [4.78, 5) is 13.2. The Morgan fingerprint density at radius 3 is 2.44 bits per heavy atom. The van der Waals surface area contributed by atoms with E-state index in [0.29, 0.717) is 10.6 Å². The van der Waals surface area contributed by atoms with Gasteiger partial charge in [0, 0.05) is 16.0 Å². The van der Waals surface area contributed by atoms with Gasteiger partial charge in [0.1, 0.15) is 0 Å². The molecule has 0 aliphatic heterocycles. The molecule has 2 aromatic carbocycles. The second-order valence-corrected chi connectivity index (χ2v) is 5.30. The van der Waals surface area contributed by atoms with Crippen LogP contribution in [0.25, 0.3) is 10.8 Å². The molecule has 3 aromatic rings. The lowest BCUT2D eigenvalue weighted by Crippen LogP contribution is -1.99. The quantitative estimate of drug-likeness (QED) is 0.613. The number of carbonyl (C=O) groups is 1. The number of thiophene rings is 1. The van der Waals surface area contributed by atoms with Crippen LogP contribution in [0.5, 0.6) is 0 Å². The Morgan fingerprint density at radius 2 is 1.72 bits per heavy atom. The Hall–Kier alpha value is -1.64. The van der Waals surface area contributed by atoms with Crippen molar-refractivity contribution >= 4 is 39.5 Å². The summed E-state index contributed by atoms with van der Waals surface area (Å²) in [6.07, 6.45) is 0. The van der Waals surface area contributed by atoms with E-state index >= 15 is 0 Å². The van der Waals surface area contributed by atoms with Gasteiger partial charge in [-0.3, -0.25) is 4.79 Å². The van der Waals surface area contributed by atoms with E-state index in [4.69, 9.17) is 11.6 Å². The summed E-state index contributed by atoms with van der Waals surface area (Å²) < 4.78 is 0. The molecule has 0 amide bonds. The predicted molar refractivity (Wildman–Crippen MR) is 76.7 cm³/mol. The summed E-state index contributed by atoms with van der Waals surface area (Å²) >= 11 is 7.61. The molecule has 0 saturated carbocycles. The number of fused-ring (bicyclic) bond motifs is 1. The highest BCUT2D eigenvalue weighted by molar-refractivity contribution is 7.12. The number of rotatable bonds is 2. The molecule has 0 aliphatic carbocycles. The SMILES string of the molecule is O=C(c1cccs1)c1ccc(Cl)c2ccccc12. The molecule has 0 radical (unpaired) electrons. The fraction of sp³-hybridized carbons (Fsp3) is 0. The number of hydrogen-bond donors (Lipinski definition) is 0. The van der Waals surface area contributed by atoms with Crippen LogP contribution < -0.4 is 0 Å². The van der Waals surface area contributed by atoms with Crippen molar-refractivity contribution in [2.24, 2.45) is 0 Å². The van der Waals surface area contributed by atoms with Crippen molar-refractivity contribution in [2.75, 3.05) is 0 Å². The summed E-state index contributed by atoms with van der Waals surface area (Å²) in [5.74, 6) is 0.0536. The van der Waals surface area contributed by atoms with Crippen molar-refractivity contribution in [2.45, 2.75) is 0 Å². The average molecular weight is 273 g/mol. The summed E-state index contributed by atoms with van der Waals surface area (Å²) in [5.41, 5.74) is 0.706. The topological polar surface area (TPSA) is 17.1 Å². The van der Waals surface area contributed by atoms with E-state index in [0.717, 1.165) is 15.6 Å². The summed E-state index contributed by atoms with van der Waals surface area (Å²) in [6, 6.07) is 15.0. The van der Waals surface area contributed by atoms with E-state index in [1.54, 1.807) is 12.1 Å². The summed E-state index contributed by atoms with van der Waals surface area (Å²) in [7, 11) is 0.